The van der Waals surface area contributed by atoms with Crippen molar-refractivity contribution in [1.82, 2.24) is 9.88 Å². The van der Waals surface area contributed by atoms with Gasteiger partial charge in [-0.2, -0.15) is 0 Å². The lowest BCUT2D eigenvalue weighted by Gasteiger charge is -2.35. The largest absolute Gasteiger partial charge is 0.452 e. The molecular weight excluding hydrogens is 452 g/mol. The first-order valence-corrected chi connectivity index (χ1v) is 13.9. The highest BCUT2D eigenvalue weighted by atomic mass is 32.2. The lowest BCUT2D eigenvalue weighted by Crippen LogP contribution is -2.43. The second kappa shape index (κ2) is 9.29. The zero-order valence-corrected chi connectivity index (χ0v) is 21.3. The summed E-state index contributed by atoms with van der Waals surface area (Å²) in [5.74, 6) is -0.413. The van der Waals surface area contributed by atoms with Crippen molar-refractivity contribution in [2.24, 2.45) is 11.3 Å². The molecule has 0 unspecified atom stereocenters. The number of para-hydroxylation sites is 1. The van der Waals surface area contributed by atoms with Gasteiger partial charge in [0.15, 0.2) is 16.4 Å². The summed E-state index contributed by atoms with van der Waals surface area (Å²) in [5, 5.41) is 0.738. The van der Waals surface area contributed by atoms with E-state index >= 15 is 0 Å². The molecule has 1 aromatic heterocycles. The Balaban J connectivity index is 1.59. The van der Waals surface area contributed by atoms with E-state index in [-0.39, 0.29) is 28.9 Å². The normalized spacial score (nSPS) is 21.8. The van der Waals surface area contributed by atoms with Crippen LogP contribution in [0.5, 0.6) is 0 Å². The molecule has 1 fully saturated rings. The SMILES string of the molecule is CCN(C(=O)COC(=O)c1c2c(nc3ccccc13)CC[C@@H](C(C)(C)C)C2)[C@H]1CCS(=O)(=O)C1. The van der Waals surface area contributed by atoms with Crippen LogP contribution in [0.25, 0.3) is 10.9 Å². The van der Waals surface area contributed by atoms with E-state index in [0.717, 1.165) is 41.4 Å². The van der Waals surface area contributed by atoms with Crippen LogP contribution >= 0.6 is 0 Å². The summed E-state index contributed by atoms with van der Waals surface area (Å²) < 4.78 is 29.3. The summed E-state index contributed by atoms with van der Waals surface area (Å²) in [6.07, 6.45) is 2.99. The number of esters is 1. The zero-order valence-electron chi connectivity index (χ0n) is 20.5. The maximum Gasteiger partial charge on any atom is 0.339 e. The Morgan fingerprint density at radius 1 is 1.18 bits per heavy atom. The zero-order chi connectivity index (χ0) is 24.7. The van der Waals surface area contributed by atoms with Crippen LogP contribution < -0.4 is 0 Å². The second-order valence-electron chi connectivity index (χ2n) is 10.5. The van der Waals surface area contributed by atoms with Gasteiger partial charge in [-0.05, 0) is 55.6 Å². The van der Waals surface area contributed by atoms with Crippen LogP contribution in [-0.4, -0.2) is 60.9 Å². The fraction of sp³-hybridized carbons (Fsp3) is 0.577. The van der Waals surface area contributed by atoms with Crippen LogP contribution in [0, 0.1) is 11.3 Å². The molecule has 1 aliphatic carbocycles. The average Bonchev–Trinajstić information content (AvgIpc) is 3.14. The molecule has 2 aromatic rings. The molecule has 2 aliphatic rings. The number of ether oxygens (including phenoxy) is 1. The van der Waals surface area contributed by atoms with Gasteiger partial charge in [-0.25, -0.2) is 13.2 Å². The smallest absolute Gasteiger partial charge is 0.339 e. The van der Waals surface area contributed by atoms with Gasteiger partial charge in [0.1, 0.15) is 0 Å². The van der Waals surface area contributed by atoms with Crippen LogP contribution in [0.1, 0.15) is 62.2 Å². The molecular formula is C26H34N2O5S. The van der Waals surface area contributed by atoms with E-state index in [0.29, 0.717) is 24.4 Å². The number of aryl methyl sites for hydroxylation is 1. The highest BCUT2D eigenvalue weighted by Gasteiger charge is 2.35. The van der Waals surface area contributed by atoms with E-state index in [1.165, 1.54) is 4.90 Å². The number of nitrogens with zero attached hydrogens (tertiary/aromatic N) is 2. The predicted octanol–water partition coefficient (Wildman–Crippen LogP) is 3.58. The highest BCUT2D eigenvalue weighted by Crippen LogP contribution is 2.39. The molecule has 1 aliphatic heterocycles. The van der Waals surface area contributed by atoms with Crippen LogP contribution in [0.15, 0.2) is 24.3 Å². The third kappa shape index (κ3) is 4.97. The first-order chi connectivity index (χ1) is 16.0. The van der Waals surface area contributed by atoms with E-state index in [9.17, 15) is 18.0 Å². The maximum atomic E-state index is 13.4. The van der Waals surface area contributed by atoms with Gasteiger partial charge < -0.3 is 9.64 Å². The Morgan fingerprint density at radius 2 is 1.91 bits per heavy atom. The Morgan fingerprint density at radius 3 is 2.56 bits per heavy atom. The van der Waals surface area contributed by atoms with Crippen LogP contribution in [0.4, 0.5) is 0 Å². The molecule has 1 amide bonds. The van der Waals surface area contributed by atoms with E-state index in [2.05, 4.69) is 20.8 Å². The van der Waals surface area contributed by atoms with E-state index in [1.54, 1.807) is 0 Å². The van der Waals surface area contributed by atoms with Gasteiger partial charge in [0, 0.05) is 23.7 Å². The van der Waals surface area contributed by atoms with Gasteiger partial charge in [-0.15, -0.1) is 0 Å². The molecule has 1 aromatic carbocycles. The number of carbonyl (C=O) groups is 2. The molecule has 7 nitrogen and oxygen atoms in total. The molecule has 2 heterocycles. The number of rotatable bonds is 5. The summed E-state index contributed by atoms with van der Waals surface area (Å²) in [6.45, 7) is 8.43. The molecule has 0 N–H and O–H groups in total. The molecule has 0 radical (unpaired) electrons. The fourth-order valence-corrected chi connectivity index (χ4v) is 7.03. The van der Waals surface area contributed by atoms with Crippen molar-refractivity contribution < 1.29 is 22.7 Å². The van der Waals surface area contributed by atoms with E-state index < -0.39 is 22.4 Å². The number of carbonyl (C=O) groups excluding carboxylic acids is 2. The third-order valence-electron chi connectivity index (χ3n) is 7.32. The van der Waals surface area contributed by atoms with Gasteiger partial charge in [0.05, 0.1) is 22.6 Å². The minimum absolute atomic E-state index is 0.0305. The molecule has 0 bridgehead atoms. The molecule has 4 rings (SSSR count). The van der Waals surface area contributed by atoms with Crippen LogP contribution in [0.3, 0.4) is 0 Å². The first kappa shape index (κ1) is 24.6. The second-order valence-corrected chi connectivity index (χ2v) is 12.8. The predicted molar refractivity (Wildman–Crippen MR) is 131 cm³/mol. The van der Waals surface area contributed by atoms with Crippen molar-refractivity contribution >= 4 is 32.6 Å². The van der Waals surface area contributed by atoms with Crippen molar-refractivity contribution in [2.45, 2.75) is 59.4 Å². The third-order valence-corrected chi connectivity index (χ3v) is 9.08. The number of hydrogen-bond acceptors (Lipinski definition) is 6. The number of fused-ring (bicyclic) bond motifs is 2. The molecule has 8 heteroatoms. The minimum Gasteiger partial charge on any atom is -0.452 e. The molecule has 0 spiro atoms. The molecule has 2 atom stereocenters. The van der Waals surface area contributed by atoms with Crippen LogP contribution in [-0.2, 0) is 32.2 Å². The lowest BCUT2D eigenvalue weighted by molar-refractivity contribution is -0.136. The Bertz CT molecular complexity index is 1220. The number of hydrogen-bond donors (Lipinski definition) is 0. The standard InChI is InChI=1S/C26H34N2O5S/c1-5-28(18-12-13-34(31,32)16-18)23(29)15-33-25(30)24-19-8-6-7-9-21(19)27-22-11-10-17(14-20(22)24)26(2,3)4/h6-9,17-18H,5,10-16H2,1-4H3/t17-,18+/m1/s1. The monoisotopic (exact) mass is 486 g/mol. The Kier molecular flexibility index (Phi) is 6.73. The molecule has 0 saturated carbocycles. The van der Waals surface area contributed by atoms with Crippen molar-refractivity contribution in [1.29, 1.82) is 0 Å². The molecule has 184 valence electrons. The van der Waals surface area contributed by atoms with Gasteiger partial charge >= 0.3 is 5.97 Å². The van der Waals surface area contributed by atoms with E-state index in [1.807, 2.05) is 31.2 Å². The lowest BCUT2D eigenvalue weighted by atomic mass is 9.70. The number of amides is 1. The van der Waals surface area contributed by atoms with Gasteiger partial charge in [0.2, 0.25) is 0 Å². The summed E-state index contributed by atoms with van der Waals surface area (Å²) in [5.41, 5.74) is 3.22. The van der Waals surface area contributed by atoms with Crippen molar-refractivity contribution in [2.75, 3.05) is 24.7 Å². The van der Waals surface area contributed by atoms with Crippen molar-refractivity contribution in [3.63, 3.8) is 0 Å². The maximum absolute atomic E-state index is 13.4. The number of benzene rings is 1. The number of likely N-dealkylation sites (N-methyl/N-ethyl adjacent to an activating group) is 1. The number of sulfone groups is 1. The van der Waals surface area contributed by atoms with Gasteiger partial charge in [-0.3, -0.25) is 9.78 Å². The first-order valence-electron chi connectivity index (χ1n) is 12.1. The Labute approximate surface area is 201 Å². The summed E-state index contributed by atoms with van der Waals surface area (Å²) in [7, 11) is -3.12. The summed E-state index contributed by atoms with van der Waals surface area (Å²) in [6, 6.07) is 7.19. The number of aromatic nitrogens is 1. The molecule has 1 saturated heterocycles. The fourth-order valence-electron chi connectivity index (χ4n) is 5.30. The van der Waals surface area contributed by atoms with Crippen LogP contribution in [0.2, 0.25) is 0 Å². The number of pyridine rings is 1. The van der Waals surface area contributed by atoms with Gasteiger partial charge in [0.25, 0.3) is 5.91 Å². The van der Waals surface area contributed by atoms with Crippen molar-refractivity contribution in [3.05, 3.63) is 41.1 Å². The van der Waals surface area contributed by atoms with E-state index in [4.69, 9.17) is 9.72 Å². The Hall–Kier alpha value is -2.48. The van der Waals surface area contributed by atoms with Crippen molar-refractivity contribution in [3.8, 4) is 0 Å². The quantitative estimate of drug-likeness (QED) is 0.600. The average molecular weight is 487 g/mol. The van der Waals surface area contributed by atoms with Gasteiger partial charge in [-0.1, -0.05) is 39.0 Å². The topological polar surface area (TPSA) is 93.6 Å². The minimum atomic E-state index is -3.12. The summed E-state index contributed by atoms with van der Waals surface area (Å²) in [4.78, 5) is 32.7. The highest BCUT2D eigenvalue weighted by molar-refractivity contribution is 7.91. The molecule has 34 heavy (non-hydrogen) atoms. The summed E-state index contributed by atoms with van der Waals surface area (Å²) >= 11 is 0.